The van der Waals surface area contributed by atoms with E-state index in [1.165, 1.54) is 4.90 Å². The van der Waals surface area contributed by atoms with Crippen molar-refractivity contribution in [2.24, 2.45) is 5.41 Å². The SMILES string of the molecule is CSC(=CC=O)C(=CC(C)(C)C)Sc1ccccc1. The molecule has 0 aliphatic rings. The second-order valence-electron chi connectivity index (χ2n) is 5.16. The van der Waals surface area contributed by atoms with Crippen LogP contribution in [0.25, 0.3) is 0 Å². The number of carbonyl (C=O) groups excluding carboxylic acids is 1. The number of rotatable bonds is 5. The molecule has 0 unspecified atom stereocenters. The topological polar surface area (TPSA) is 17.1 Å². The monoisotopic (exact) mass is 292 g/mol. The lowest BCUT2D eigenvalue weighted by Crippen LogP contribution is -2.01. The summed E-state index contributed by atoms with van der Waals surface area (Å²) in [4.78, 5) is 14.1. The Balaban J connectivity index is 3.10. The molecule has 0 fully saturated rings. The molecule has 0 radical (unpaired) electrons. The lowest BCUT2D eigenvalue weighted by Gasteiger charge is -2.17. The molecule has 19 heavy (non-hydrogen) atoms. The van der Waals surface area contributed by atoms with Gasteiger partial charge >= 0.3 is 0 Å². The van der Waals surface area contributed by atoms with Gasteiger partial charge in [-0.15, -0.1) is 11.8 Å². The third-order valence-corrected chi connectivity index (χ3v) is 4.21. The zero-order valence-corrected chi connectivity index (χ0v) is 13.5. The molecule has 3 heteroatoms. The second kappa shape index (κ2) is 7.61. The fourth-order valence-corrected chi connectivity index (χ4v) is 3.43. The molecule has 0 heterocycles. The number of hydrogen-bond donors (Lipinski definition) is 0. The average Bonchev–Trinajstić information content (AvgIpc) is 2.35. The highest BCUT2D eigenvalue weighted by Crippen LogP contribution is 2.38. The van der Waals surface area contributed by atoms with E-state index in [0.29, 0.717) is 0 Å². The van der Waals surface area contributed by atoms with Gasteiger partial charge < -0.3 is 0 Å². The number of hydrogen-bond acceptors (Lipinski definition) is 3. The molecule has 0 spiro atoms. The van der Waals surface area contributed by atoms with Crippen LogP contribution in [-0.2, 0) is 4.79 Å². The van der Waals surface area contributed by atoms with E-state index in [2.05, 4.69) is 39.0 Å². The molecule has 1 aromatic rings. The Kier molecular flexibility index (Phi) is 6.46. The highest BCUT2D eigenvalue weighted by atomic mass is 32.2. The van der Waals surface area contributed by atoms with E-state index in [1.54, 1.807) is 29.6 Å². The van der Waals surface area contributed by atoms with Crippen molar-refractivity contribution >= 4 is 29.8 Å². The van der Waals surface area contributed by atoms with E-state index in [-0.39, 0.29) is 5.41 Å². The summed E-state index contributed by atoms with van der Waals surface area (Å²) < 4.78 is 0. The predicted molar refractivity (Wildman–Crippen MR) is 87.5 cm³/mol. The molecule has 0 bridgehead atoms. The van der Waals surface area contributed by atoms with Crippen molar-refractivity contribution in [1.82, 2.24) is 0 Å². The first kappa shape index (κ1) is 16.1. The van der Waals surface area contributed by atoms with Crippen molar-refractivity contribution in [3.63, 3.8) is 0 Å². The van der Waals surface area contributed by atoms with Crippen LogP contribution in [0, 0.1) is 5.41 Å². The third kappa shape index (κ3) is 6.17. The maximum Gasteiger partial charge on any atom is 0.143 e. The Morgan fingerprint density at radius 1 is 1.11 bits per heavy atom. The third-order valence-electron chi connectivity index (χ3n) is 2.22. The van der Waals surface area contributed by atoms with Gasteiger partial charge in [-0.3, -0.25) is 4.79 Å². The fraction of sp³-hybridized carbons (Fsp3) is 0.312. The minimum atomic E-state index is 0.0782. The van der Waals surface area contributed by atoms with Gasteiger partial charge in [-0.05, 0) is 29.9 Å². The van der Waals surface area contributed by atoms with Crippen molar-refractivity contribution in [2.75, 3.05) is 6.26 Å². The summed E-state index contributed by atoms with van der Waals surface area (Å²) in [5.74, 6) is 0. The molecule has 0 saturated carbocycles. The van der Waals surface area contributed by atoms with Crippen LogP contribution < -0.4 is 0 Å². The van der Waals surface area contributed by atoms with E-state index in [1.807, 2.05) is 24.5 Å². The van der Waals surface area contributed by atoms with Crippen LogP contribution in [-0.4, -0.2) is 12.5 Å². The molecule has 0 saturated heterocycles. The van der Waals surface area contributed by atoms with Crippen molar-refractivity contribution in [1.29, 1.82) is 0 Å². The molecule has 1 rings (SSSR count). The summed E-state index contributed by atoms with van der Waals surface area (Å²) in [7, 11) is 0. The first-order valence-electron chi connectivity index (χ1n) is 6.12. The summed E-state index contributed by atoms with van der Waals surface area (Å²) in [5.41, 5.74) is 0.0782. The molecule has 0 aliphatic heterocycles. The zero-order chi connectivity index (χ0) is 14.3. The molecule has 0 aliphatic carbocycles. The van der Waals surface area contributed by atoms with Crippen LogP contribution in [0.3, 0.4) is 0 Å². The van der Waals surface area contributed by atoms with Crippen molar-refractivity contribution < 1.29 is 4.79 Å². The van der Waals surface area contributed by atoms with E-state index < -0.39 is 0 Å². The molecule has 0 aromatic heterocycles. The molecular formula is C16H20OS2. The molecule has 1 aromatic carbocycles. The van der Waals surface area contributed by atoms with Crippen LogP contribution in [0.15, 0.2) is 57.2 Å². The van der Waals surface area contributed by atoms with Gasteiger partial charge in [0.25, 0.3) is 0 Å². The zero-order valence-electron chi connectivity index (χ0n) is 11.8. The van der Waals surface area contributed by atoms with Crippen LogP contribution >= 0.6 is 23.5 Å². The van der Waals surface area contributed by atoms with Crippen molar-refractivity contribution in [2.45, 2.75) is 25.7 Å². The number of benzene rings is 1. The highest BCUT2D eigenvalue weighted by molar-refractivity contribution is 8.08. The summed E-state index contributed by atoms with van der Waals surface area (Å²) in [6.45, 7) is 6.49. The summed E-state index contributed by atoms with van der Waals surface area (Å²) in [6.07, 6.45) is 6.71. The van der Waals surface area contributed by atoms with E-state index in [4.69, 9.17) is 0 Å². The molecule has 1 nitrogen and oxygen atoms in total. The summed E-state index contributed by atoms with van der Waals surface area (Å²) >= 11 is 3.30. The largest absolute Gasteiger partial charge is 0.299 e. The smallest absolute Gasteiger partial charge is 0.143 e. The fourth-order valence-electron chi connectivity index (χ4n) is 1.47. The molecule has 102 valence electrons. The van der Waals surface area contributed by atoms with E-state index in [9.17, 15) is 4.79 Å². The second-order valence-corrected chi connectivity index (χ2v) is 7.12. The lowest BCUT2D eigenvalue weighted by molar-refractivity contribution is -0.104. The summed E-state index contributed by atoms with van der Waals surface area (Å²) in [6, 6.07) is 10.2. The standard InChI is InChI=1S/C16H20OS2/c1-16(2,3)12-15(14(18-4)10-11-17)19-13-8-6-5-7-9-13/h5-12H,1-4H3. The summed E-state index contributed by atoms with van der Waals surface area (Å²) in [5, 5.41) is 0. The minimum Gasteiger partial charge on any atom is -0.299 e. The Morgan fingerprint density at radius 3 is 2.21 bits per heavy atom. The Hall–Kier alpha value is -0.930. The Morgan fingerprint density at radius 2 is 1.74 bits per heavy atom. The van der Waals surface area contributed by atoms with Crippen LogP contribution in [0.2, 0.25) is 0 Å². The normalized spacial score (nSPS) is 13.5. The average molecular weight is 292 g/mol. The highest BCUT2D eigenvalue weighted by Gasteiger charge is 2.13. The maximum atomic E-state index is 10.8. The Bertz CT molecular complexity index is 467. The van der Waals surface area contributed by atoms with Gasteiger partial charge in [0.15, 0.2) is 0 Å². The van der Waals surface area contributed by atoms with Gasteiger partial charge in [-0.2, -0.15) is 0 Å². The maximum absolute atomic E-state index is 10.8. The van der Waals surface area contributed by atoms with Crippen LogP contribution in [0.1, 0.15) is 20.8 Å². The number of allylic oxidation sites excluding steroid dienone is 2. The van der Waals surface area contributed by atoms with Crippen LogP contribution in [0.5, 0.6) is 0 Å². The van der Waals surface area contributed by atoms with Gasteiger partial charge in [0.2, 0.25) is 0 Å². The first-order chi connectivity index (χ1) is 8.96. The van der Waals surface area contributed by atoms with Gasteiger partial charge in [0.1, 0.15) is 6.29 Å². The number of carbonyl (C=O) groups is 1. The van der Waals surface area contributed by atoms with E-state index >= 15 is 0 Å². The van der Waals surface area contributed by atoms with Gasteiger partial charge in [-0.25, -0.2) is 0 Å². The minimum absolute atomic E-state index is 0.0782. The molecule has 0 atom stereocenters. The van der Waals surface area contributed by atoms with Crippen molar-refractivity contribution in [3.05, 3.63) is 52.3 Å². The Labute approximate surface area is 124 Å². The van der Waals surface area contributed by atoms with Gasteiger partial charge in [0.05, 0.1) is 0 Å². The number of aldehydes is 1. The van der Waals surface area contributed by atoms with E-state index in [0.717, 1.165) is 16.1 Å². The predicted octanol–water partition coefficient (Wildman–Crippen LogP) is 5.15. The lowest BCUT2D eigenvalue weighted by atomic mass is 9.96. The van der Waals surface area contributed by atoms with Crippen molar-refractivity contribution in [3.8, 4) is 0 Å². The van der Waals surface area contributed by atoms with Crippen LogP contribution in [0.4, 0.5) is 0 Å². The van der Waals surface area contributed by atoms with Gasteiger partial charge in [0, 0.05) is 14.7 Å². The quantitative estimate of drug-likeness (QED) is 0.323. The molecular weight excluding hydrogens is 272 g/mol. The first-order valence-corrected chi connectivity index (χ1v) is 8.16. The number of thioether (sulfide) groups is 2. The molecule has 0 amide bonds. The molecule has 0 N–H and O–H groups in total. The van der Waals surface area contributed by atoms with Gasteiger partial charge in [-0.1, -0.05) is 56.8 Å².